The van der Waals surface area contributed by atoms with E-state index in [2.05, 4.69) is 37.0 Å². The zero-order valence-corrected chi connectivity index (χ0v) is 15.2. The Morgan fingerprint density at radius 1 is 1.25 bits per heavy atom. The summed E-state index contributed by atoms with van der Waals surface area (Å²) in [5.74, 6) is 2.19. The van der Waals surface area contributed by atoms with Gasteiger partial charge in [0.1, 0.15) is 0 Å². The summed E-state index contributed by atoms with van der Waals surface area (Å²) in [7, 11) is 3.34. The van der Waals surface area contributed by atoms with Crippen LogP contribution < -0.4 is 9.47 Å². The van der Waals surface area contributed by atoms with E-state index in [1.165, 1.54) is 16.7 Å². The third-order valence-electron chi connectivity index (χ3n) is 5.30. The van der Waals surface area contributed by atoms with Crippen molar-refractivity contribution in [3.63, 3.8) is 0 Å². The molecular weight excluding hydrogens is 300 g/mol. The van der Waals surface area contributed by atoms with E-state index in [1.807, 2.05) is 0 Å². The first-order chi connectivity index (χ1) is 11.5. The minimum absolute atomic E-state index is 0.340. The summed E-state index contributed by atoms with van der Waals surface area (Å²) in [6.07, 6.45) is 6.97. The number of benzene rings is 1. The summed E-state index contributed by atoms with van der Waals surface area (Å²) in [6, 6.07) is 4.16. The van der Waals surface area contributed by atoms with Crippen molar-refractivity contribution in [3.8, 4) is 11.5 Å². The van der Waals surface area contributed by atoms with Crippen LogP contribution in [0.5, 0.6) is 11.5 Å². The van der Waals surface area contributed by atoms with Gasteiger partial charge >= 0.3 is 0 Å². The van der Waals surface area contributed by atoms with Crippen molar-refractivity contribution in [3.05, 3.63) is 34.9 Å². The third kappa shape index (κ3) is 2.73. The second-order valence-corrected chi connectivity index (χ2v) is 7.27. The molecule has 0 aliphatic carbocycles. The fourth-order valence-corrected chi connectivity index (χ4v) is 4.13. The van der Waals surface area contributed by atoms with Crippen LogP contribution in [0.1, 0.15) is 37.8 Å². The van der Waals surface area contributed by atoms with Crippen LogP contribution in [0.25, 0.3) is 0 Å². The maximum Gasteiger partial charge on any atom is 0.161 e. The second-order valence-electron chi connectivity index (χ2n) is 7.27. The molecule has 4 heteroatoms. The van der Waals surface area contributed by atoms with Gasteiger partial charge in [-0.15, -0.1) is 0 Å². The SMILES string of the molecule is COc1cc2c(cc1OC)C1(C=N)CC=C(CC(C)C)CN1CC2. The standard InChI is InChI=1S/C20H28N2O2/c1-14(2)9-15-5-7-20(13-21)17-11-19(24-4)18(23-3)10-16(17)6-8-22(20)12-15/h5,10-11,13-14,21H,6-9,12H2,1-4H3. The summed E-state index contributed by atoms with van der Waals surface area (Å²) >= 11 is 0. The van der Waals surface area contributed by atoms with Crippen LogP contribution in [0.15, 0.2) is 23.8 Å². The highest BCUT2D eigenvalue weighted by Gasteiger charge is 2.43. The van der Waals surface area contributed by atoms with E-state index in [4.69, 9.17) is 14.9 Å². The molecule has 2 aliphatic heterocycles. The Labute approximate surface area is 145 Å². The quantitative estimate of drug-likeness (QED) is 0.661. The molecule has 2 heterocycles. The van der Waals surface area contributed by atoms with E-state index < -0.39 is 0 Å². The molecule has 1 aromatic rings. The Morgan fingerprint density at radius 2 is 1.96 bits per heavy atom. The van der Waals surface area contributed by atoms with Gasteiger partial charge in [-0.2, -0.15) is 0 Å². The fourth-order valence-electron chi connectivity index (χ4n) is 4.13. The van der Waals surface area contributed by atoms with Crippen molar-refractivity contribution >= 4 is 6.21 Å². The lowest BCUT2D eigenvalue weighted by molar-refractivity contribution is 0.140. The van der Waals surface area contributed by atoms with Crippen molar-refractivity contribution in [2.24, 2.45) is 5.92 Å². The number of rotatable bonds is 5. The molecule has 3 rings (SSSR count). The largest absolute Gasteiger partial charge is 0.493 e. The molecule has 130 valence electrons. The monoisotopic (exact) mass is 328 g/mol. The summed E-state index contributed by atoms with van der Waals surface area (Å²) in [5.41, 5.74) is 3.63. The molecule has 0 saturated carbocycles. The van der Waals surface area contributed by atoms with Crippen molar-refractivity contribution in [2.75, 3.05) is 27.3 Å². The molecule has 2 aliphatic rings. The minimum Gasteiger partial charge on any atom is -0.493 e. The van der Waals surface area contributed by atoms with Crippen molar-refractivity contribution in [2.45, 2.75) is 38.6 Å². The number of nitrogens with one attached hydrogen (secondary N) is 1. The normalized spacial score (nSPS) is 23.3. The molecule has 1 N–H and O–H groups in total. The number of methoxy groups -OCH3 is 2. The Balaban J connectivity index is 2.04. The fraction of sp³-hybridized carbons (Fsp3) is 0.550. The second kappa shape index (κ2) is 6.60. The predicted molar refractivity (Wildman–Crippen MR) is 97.4 cm³/mol. The lowest BCUT2D eigenvalue weighted by Gasteiger charge is -2.48. The van der Waals surface area contributed by atoms with Crippen LogP contribution in [0.4, 0.5) is 0 Å². The van der Waals surface area contributed by atoms with E-state index in [1.54, 1.807) is 20.4 Å². The maximum atomic E-state index is 8.21. The molecule has 0 spiro atoms. The van der Waals surface area contributed by atoms with Gasteiger partial charge in [0.05, 0.1) is 19.8 Å². The highest BCUT2D eigenvalue weighted by molar-refractivity contribution is 5.74. The minimum atomic E-state index is -0.340. The summed E-state index contributed by atoms with van der Waals surface area (Å²) in [4.78, 5) is 2.46. The highest BCUT2D eigenvalue weighted by atomic mass is 16.5. The summed E-state index contributed by atoms with van der Waals surface area (Å²) in [5, 5.41) is 8.21. The molecule has 1 aromatic carbocycles. The van der Waals surface area contributed by atoms with Gasteiger partial charge < -0.3 is 14.9 Å². The smallest absolute Gasteiger partial charge is 0.161 e. The van der Waals surface area contributed by atoms with Gasteiger partial charge in [0.25, 0.3) is 0 Å². The predicted octanol–water partition coefficient (Wildman–Crippen LogP) is 3.78. The van der Waals surface area contributed by atoms with Crippen molar-refractivity contribution < 1.29 is 9.47 Å². The van der Waals surface area contributed by atoms with Gasteiger partial charge in [0, 0.05) is 19.3 Å². The summed E-state index contributed by atoms with van der Waals surface area (Å²) < 4.78 is 11.0. The van der Waals surface area contributed by atoms with Crippen LogP contribution >= 0.6 is 0 Å². The van der Waals surface area contributed by atoms with Gasteiger partial charge in [-0.3, -0.25) is 4.90 Å². The Hall–Kier alpha value is -1.81. The average Bonchev–Trinajstić information content (AvgIpc) is 2.59. The zero-order chi connectivity index (χ0) is 17.3. The first-order valence-electron chi connectivity index (χ1n) is 8.74. The molecule has 0 bridgehead atoms. The van der Waals surface area contributed by atoms with Crippen LogP contribution in [-0.4, -0.2) is 38.4 Å². The zero-order valence-electron chi connectivity index (χ0n) is 15.2. The van der Waals surface area contributed by atoms with E-state index >= 15 is 0 Å². The number of ether oxygens (including phenoxy) is 2. The Morgan fingerprint density at radius 3 is 2.58 bits per heavy atom. The van der Waals surface area contributed by atoms with Gasteiger partial charge in [-0.05, 0) is 48.4 Å². The lowest BCUT2D eigenvalue weighted by atomic mass is 9.75. The van der Waals surface area contributed by atoms with Crippen LogP contribution in [-0.2, 0) is 12.0 Å². The molecule has 1 unspecified atom stereocenters. The van der Waals surface area contributed by atoms with Crippen LogP contribution in [0, 0.1) is 11.3 Å². The molecule has 0 radical (unpaired) electrons. The van der Waals surface area contributed by atoms with E-state index in [-0.39, 0.29) is 5.54 Å². The average molecular weight is 328 g/mol. The topological polar surface area (TPSA) is 45.6 Å². The van der Waals surface area contributed by atoms with Crippen LogP contribution in [0.2, 0.25) is 0 Å². The number of hydrogen-bond donors (Lipinski definition) is 1. The van der Waals surface area contributed by atoms with Crippen molar-refractivity contribution in [1.82, 2.24) is 4.90 Å². The molecule has 4 nitrogen and oxygen atoms in total. The molecular formula is C20H28N2O2. The molecule has 24 heavy (non-hydrogen) atoms. The van der Waals surface area contributed by atoms with Gasteiger partial charge in [-0.1, -0.05) is 25.5 Å². The van der Waals surface area contributed by atoms with E-state index in [9.17, 15) is 0 Å². The third-order valence-corrected chi connectivity index (χ3v) is 5.30. The number of fused-ring (bicyclic) bond motifs is 3. The van der Waals surface area contributed by atoms with Gasteiger partial charge in [0.15, 0.2) is 11.5 Å². The molecule has 0 fully saturated rings. The van der Waals surface area contributed by atoms with Gasteiger partial charge in [0.2, 0.25) is 0 Å². The summed E-state index contributed by atoms with van der Waals surface area (Å²) in [6.45, 7) is 6.47. The lowest BCUT2D eigenvalue weighted by Crippen LogP contribution is -2.54. The van der Waals surface area contributed by atoms with E-state index in [0.29, 0.717) is 5.92 Å². The highest BCUT2D eigenvalue weighted by Crippen LogP contribution is 2.44. The van der Waals surface area contributed by atoms with Crippen molar-refractivity contribution in [1.29, 1.82) is 5.41 Å². The molecule has 1 atom stereocenters. The molecule has 0 amide bonds. The van der Waals surface area contributed by atoms with E-state index in [0.717, 1.165) is 43.9 Å². The molecule has 0 aromatic heterocycles. The molecule has 0 saturated heterocycles. The Bertz CT molecular complexity index is 666. The Kier molecular flexibility index (Phi) is 4.68. The van der Waals surface area contributed by atoms with Gasteiger partial charge in [-0.25, -0.2) is 0 Å². The maximum absolute atomic E-state index is 8.21. The first kappa shape index (κ1) is 17.0. The first-order valence-corrected chi connectivity index (χ1v) is 8.74. The van der Waals surface area contributed by atoms with Crippen LogP contribution in [0.3, 0.4) is 0 Å². The number of hydrogen-bond acceptors (Lipinski definition) is 4. The number of nitrogens with zero attached hydrogens (tertiary/aromatic N) is 1.